The summed E-state index contributed by atoms with van der Waals surface area (Å²) in [4.78, 5) is 24.7. The van der Waals surface area contributed by atoms with Crippen LogP contribution in [0.5, 0.6) is 0 Å². The van der Waals surface area contributed by atoms with Crippen molar-refractivity contribution in [1.29, 1.82) is 5.26 Å². The fraction of sp³-hybridized carbons (Fsp3) is 0.167. The Labute approximate surface area is 155 Å². The van der Waals surface area contributed by atoms with Crippen LogP contribution in [0.2, 0.25) is 10.0 Å². The van der Waals surface area contributed by atoms with Crippen LogP contribution in [-0.4, -0.2) is 24.4 Å². The molecule has 2 N–H and O–H groups in total. The largest absolute Gasteiger partial charge is 0.341 e. The highest BCUT2D eigenvalue weighted by atomic mass is 35.5. The predicted octanol–water partition coefficient (Wildman–Crippen LogP) is 2.97. The molecule has 0 saturated carbocycles. The van der Waals surface area contributed by atoms with Crippen molar-refractivity contribution in [2.75, 3.05) is 6.54 Å². The maximum Gasteiger partial charge on any atom is 0.251 e. The Morgan fingerprint density at radius 2 is 1.68 bits per heavy atom. The van der Waals surface area contributed by atoms with E-state index in [0.29, 0.717) is 21.2 Å². The summed E-state index contributed by atoms with van der Waals surface area (Å²) in [6, 6.07) is 14.4. The highest BCUT2D eigenvalue weighted by molar-refractivity contribution is 6.36. The van der Waals surface area contributed by atoms with Crippen LogP contribution in [0.4, 0.5) is 0 Å². The Bertz CT molecular complexity index is 783. The number of rotatable bonds is 6. The maximum absolute atomic E-state index is 12.4. The fourth-order valence-corrected chi connectivity index (χ4v) is 2.77. The molecule has 128 valence electrons. The van der Waals surface area contributed by atoms with E-state index in [1.165, 1.54) is 0 Å². The lowest BCUT2D eigenvalue weighted by Crippen LogP contribution is -2.48. The van der Waals surface area contributed by atoms with Crippen LogP contribution in [-0.2, 0) is 11.2 Å². The molecule has 5 nitrogen and oxygen atoms in total. The van der Waals surface area contributed by atoms with E-state index in [2.05, 4.69) is 10.6 Å². The zero-order valence-electron chi connectivity index (χ0n) is 13.1. The second kappa shape index (κ2) is 9.07. The topological polar surface area (TPSA) is 82.0 Å². The molecule has 0 radical (unpaired) electrons. The van der Waals surface area contributed by atoms with Gasteiger partial charge in [-0.3, -0.25) is 9.59 Å². The van der Waals surface area contributed by atoms with Gasteiger partial charge < -0.3 is 10.6 Å². The van der Waals surface area contributed by atoms with E-state index in [4.69, 9.17) is 28.5 Å². The molecule has 1 unspecified atom stereocenters. The van der Waals surface area contributed by atoms with E-state index in [9.17, 15) is 9.59 Å². The Balaban J connectivity index is 2.22. The normalized spacial score (nSPS) is 11.2. The van der Waals surface area contributed by atoms with Gasteiger partial charge in [-0.05, 0) is 29.8 Å². The second-order valence-electron chi connectivity index (χ2n) is 5.17. The molecule has 0 saturated heterocycles. The highest BCUT2D eigenvalue weighted by Gasteiger charge is 2.23. The van der Waals surface area contributed by atoms with Crippen molar-refractivity contribution >= 4 is 35.0 Å². The van der Waals surface area contributed by atoms with E-state index in [-0.39, 0.29) is 13.0 Å². The number of nitrogens with one attached hydrogen (secondary N) is 2. The van der Waals surface area contributed by atoms with Gasteiger partial charge in [-0.2, -0.15) is 5.26 Å². The molecule has 2 amide bonds. The number of carbonyl (C=O) groups is 2. The number of nitriles is 1. The maximum atomic E-state index is 12.4. The molecule has 0 aliphatic rings. The summed E-state index contributed by atoms with van der Waals surface area (Å²) in [6.07, 6.45) is 0.105. The van der Waals surface area contributed by atoms with Crippen molar-refractivity contribution in [3.8, 4) is 6.07 Å². The van der Waals surface area contributed by atoms with Gasteiger partial charge in [0.15, 0.2) is 0 Å². The summed E-state index contributed by atoms with van der Waals surface area (Å²) < 4.78 is 0. The summed E-state index contributed by atoms with van der Waals surface area (Å²) >= 11 is 12.3. The molecule has 0 fully saturated rings. The number of hydrogen-bond acceptors (Lipinski definition) is 3. The second-order valence-corrected chi connectivity index (χ2v) is 5.99. The molecular formula is C18H15Cl2N3O2. The average Bonchev–Trinajstić information content (AvgIpc) is 2.62. The summed E-state index contributed by atoms with van der Waals surface area (Å²) in [6.45, 7) is -0.160. The minimum Gasteiger partial charge on any atom is -0.341 e. The molecule has 2 aromatic rings. The minimum absolute atomic E-state index is 0.105. The van der Waals surface area contributed by atoms with Crippen molar-refractivity contribution in [2.24, 2.45) is 0 Å². The molecule has 0 heterocycles. The monoisotopic (exact) mass is 375 g/mol. The Kier molecular flexibility index (Phi) is 6.81. The number of benzene rings is 2. The zero-order valence-corrected chi connectivity index (χ0v) is 14.6. The Morgan fingerprint density at radius 1 is 1.04 bits per heavy atom. The molecule has 0 spiro atoms. The van der Waals surface area contributed by atoms with Gasteiger partial charge in [0.1, 0.15) is 12.6 Å². The van der Waals surface area contributed by atoms with E-state index in [1.54, 1.807) is 48.5 Å². The van der Waals surface area contributed by atoms with Gasteiger partial charge in [-0.15, -0.1) is 0 Å². The number of nitrogens with zero attached hydrogens (tertiary/aromatic N) is 1. The van der Waals surface area contributed by atoms with E-state index >= 15 is 0 Å². The lowest BCUT2D eigenvalue weighted by atomic mass is 10.0. The first-order chi connectivity index (χ1) is 12.0. The van der Waals surface area contributed by atoms with Crippen LogP contribution < -0.4 is 10.6 Å². The summed E-state index contributed by atoms with van der Waals surface area (Å²) in [5.74, 6) is -0.886. The Morgan fingerprint density at radius 3 is 2.28 bits per heavy atom. The van der Waals surface area contributed by atoms with Gasteiger partial charge in [0.05, 0.1) is 6.07 Å². The standard InChI is InChI=1S/C18H15Cl2N3O2/c19-14-7-4-8-15(20)13(14)11-16(18(25)22-10-9-21)23-17(24)12-5-2-1-3-6-12/h1-8,16H,10-11H2,(H,22,25)(H,23,24). The molecule has 2 rings (SSSR count). The predicted molar refractivity (Wildman–Crippen MR) is 96.5 cm³/mol. The van der Waals surface area contributed by atoms with Gasteiger partial charge in [0.25, 0.3) is 5.91 Å². The summed E-state index contributed by atoms with van der Waals surface area (Å²) in [5.41, 5.74) is 0.974. The smallest absolute Gasteiger partial charge is 0.251 e. The van der Waals surface area contributed by atoms with Crippen LogP contribution >= 0.6 is 23.2 Å². The molecular weight excluding hydrogens is 361 g/mol. The number of halogens is 2. The van der Waals surface area contributed by atoms with Crippen molar-refractivity contribution < 1.29 is 9.59 Å². The van der Waals surface area contributed by atoms with Crippen LogP contribution in [0.1, 0.15) is 15.9 Å². The van der Waals surface area contributed by atoms with E-state index in [0.717, 1.165) is 0 Å². The molecule has 0 aromatic heterocycles. The summed E-state index contributed by atoms with van der Waals surface area (Å²) in [7, 11) is 0. The minimum atomic E-state index is -0.918. The lowest BCUT2D eigenvalue weighted by Gasteiger charge is -2.19. The van der Waals surface area contributed by atoms with Gasteiger partial charge >= 0.3 is 0 Å². The van der Waals surface area contributed by atoms with E-state index in [1.807, 2.05) is 6.07 Å². The quantitative estimate of drug-likeness (QED) is 0.761. The first kappa shape index (κ1) is 18.8. The van der Waals surface area contributed by atoms with Gasteiger partial charge in [-0.25, -0.2) is 0 Å². The lowest BCUT2D eigenvalue weighted by molar-refractivity contribution is -0.122. The SMILES string of the molecule is N#CCNC(=O)C(Cc1c(Cl)cccc1Cl)NC(=O)c1ccccc1. The first-order valence-corrected chi connectivity index (χ1v) is 8.22. The number of amides is 2. The summed E-state index contributed by atoms with van der Waals surface area (Å²) in [5, 5.41) is 14.6. The first-order valence-electron chi connectivity index (χ1n) is 7.46. The number of hydrogen-bond donors (Lipinski definition) is 2. The van der Waals surface area contributed by atoms with Crippen LogP contribution in [0.3, 0.4) is 0 Å². The molecule has 2 aromatic carbocycles. The molecule has 7 heteroatoms. The average molecular weight is 376 g/mol. The van der Waals surface area contributed by atoms with Crippen molar-refractivity contribution in [1.82, 2.24) is 10.6 Å². The van der Waals surface area contributed by atoms with Crippen molar-refractivity contribution in [3.05, 3.63) is 69.7 Å². The molecule has 0 bridgehead atoms. The fourth-order valence-electron chi connectivity index (χ4n) is 2.22. The van der Waals surface area contributed by atoms with Crippen LogP contribution in [0.15, 0.2) is 48.5 Å². The zero-order chi connectivity index (χ0) is 18.2. The van der Waals surface area contributed by atoms with Gasteiger partial charge in [0, 0.05) is 22.0 Å². The van der Waals surface area contributed by atoms with Gasteiger partial charge in [0.2, 0.25) is 5.91 Å². The third-order valence-electron chi connectivity index (χ3n) is 3.47. The molecule has 25 heavy (non-hydrogen) atoms. The van der Waals surface area contributed by atoms with Crippen molar-refractivity contribution in [2.45, 2.75) is 12.5 Å². The molecule has 1 atom stereocenters. The van der Waals surface area contributed by atoms with Crippen LogP contribution in [0.25, 0.3) is 0 Å². The third kappa shape index (κ3) is 5.21. The van der Waals surface area contributed by atoms with Crippen LogP contribution in [0, 0.1) is 11.3 Å². The van der Waals surface area contributed by atoms with Gasteiger partial charge in [-0.1, -0.05) is 47.5 Å². The highest BCUT2D eigenvalue weighted by Crippen LogP contribution is 2.25. The number of carbonyl (C=O) groups excluding carboxylic acids is 2. The Hall–Kier alpha value is -2.55. The molecule has 0 aliphatic carbocycles. The van der Waals surface area contributed by atoms with Crippen molar-refractivity contribution in [3.63, 3.8) is 0 Å². The molecule has 0 aliphatic heterocycles. The third-order valence-corrected chi connectivity index (χ3v) is 4.18. The van der Waals surface area contributed by atoms with E-state index < -0.39 is 17.9 Å².